The van der Waals surface area contributed by atoms with Crippen molar-refractivity contribution in [3.8, 4) is 0 Å². The number of benzene rings is 1. The van der Waals surface area contributed by atoms with Crippen molar-refractivity contribution in [1.82, 2.24) is 14.9 Å². The number of halogens is 1. The summed E-state index contributed by atoms with van der Waals surface area (Å²) in [5.41, 5.74) is 5.34. The Bertz CT molecular complexity index is 608. The van der Waals surface area contributed by atoms with E-state index in [1.54, 1.807) is 14.1 Å². The fourth-order valence-electron chi connectivity index (χ4n) is 1.51. The average molecular weight is 318 g/mol. The van der Waals surface area contributed by atoms with E-state index in [0.29, 0.717) is 0 Å². The highest BCUT2D eigenvalue weighted by atomic mass is 32.2. The van der Waals surface area contributed by atoms with Crippen molar-refractivity contribution in [3.05, 3.63) is 23.5 Å². The minimum absolute atomic E-state index is 0.0121. The maximum Gasteiger partial charge on any atom is 0.316 e. The third-order valence-electron chi connectivity index (χ3n) is 2.67. The first-order valence-electron chi connectivity index (χ1n) is 6.15. The average Bonchev–Trinajstić information content (AvgIpc) is 2.39. The fraction of sp³-hybridized carbons (Fsp3) is 0.417. The first-order chi connectivity index (χ1) is 9.65. The van der Waals surface area contributed by atoms with Crippen LogP contribution in [0, 0.1) is 12.7 Å². The predicted octanol–water partition coefficient (Wildman–Crippen LogP) is 0.266. The minimum Gasteiger partial charge on any atom is -0.396 e. The number of nitrogens with zero attached hydrogens (tertiary/aromatic N) is 1. The van der Waals surface area contributed by atoms with Crippen molar-refractivity contribution in [2.24, 2.45) is 0 Å². The maximum absolute atomic E-state index is 13.4. The zero-order valence-corrected chi connectivity index (χ0v) is 12.9. The lowest BCUT2D eigenvalue weighted by Crippen LogP contribution is -2.39. The summed E-state index contributed by atoms with van der Waals surface area (Å²) in [6.45, 7) is 1.58. The molecule has 7 nitrogen and oxygen atoms in total. The second-order valence-electron chi connectivity index (χ2n) is 4.67. The SMILES string of the molecule is Cc1cc(S(=O)(=O)NCCNC(=O)N(C)C)cc(N)c1F. The van der Waals surface area contributed by atoms with E-state index in [-0.39, 0.29) is 35.3 Å². The Hall–Kier alpha value is -1.87. The van der Waals surface area contributed by atoms with Gasteiger partial charge in [-0.15, -0.1) is 0 Å². The monoisotopic (exact) mass is 318 g/mol. The second-order valence-corrected chi connectivity index (χ2v) is 6.43. The molecule has 0 atom stereocenters. The van der Waals surface area contributed by atoms with Crippen LogP contribution in [0.2, 0.25) is 0 Å². The molecule has 4 N–H and O–H groups in total. The van der Waals surface area contributed by atoms with Crippen molar-refractivity contribution < 1.29 is 17.6 Å². The van der Waals surface area contributed by atoms with E-state index in [1.165, 1.54) is 17.9 Å². The Morgan fingerprint density at radius 1 is 1.33 bits per heavy atom. The van der Waals surface area contributed by atoms with Gasteiger partial charge < -0.3 is 16.0 Å². The molecule has 9 heteroatoms. The number of sulfonamides is 1. The van der Waals surface area contributed by atoms with Crippen LogP contribution < -0.4 is 15.8 Å². The summed E-state index contributed by atoms with van der Waals surface area (Å²) in [6, 6.07) is 1.94. The molecule has 21 heavy (non-hydrogen) atoms. The second kappa shape index (κ2) is 6.72. The van der Waals surface area contributed by atoms with Gasteiger partial charge in [0.05, 0.1) is 10.6 Å². The molecular weight excluding hydrogens is 299 g/mol. The van der Waals surface area contributed by atoms with Gasteiger partial charge in [0.15, 0.2) is 0 Å². The standard InChI is InChI=1S/C12H19FN4O3S/c1-8-6-9(7-10(14)11(8)13)21(19,20)16-5-4-15-12(18)17(2)3/h6-7,16H,4-5,14H2,1-3H3,(H,15,18). The molecule has 0 aliphatic carbocycles. The van der Waals surface area contributed by atoms with Crippen LogP contribution in [0.15, 0.2) is 17.0 Å². The molecule has 0 spiro atoms. The van der Waals surface area contributed by atoms with Crippen LogP contribution in [0.1, 0.15) is 5.56 Å². The molecule has 0 saturated heterocycles. The van der Waals surface area contributed by atoms with Gasteiger partial charge in [-0.1, -0.05) is 0 Å². The highest BCUT2D eigenvalue weighted by Crippen LogP contribution is 2.20. The van der Waals surface area contributed by atoms with Gasteiger partial charge in [0.25, 0.3) is 0 Å². The Morgan fingerprint density at radius 3 is 2.48 bits per heavy atom. The Balaban J connectivity index is 2.68. The first kappa shape index (κ1) is 17.2. The summed E-state index contributed by atoms with van der Waals surface area (Å²) < 4.78 is 39.7. The van der Waals surface area contributed by atoms with Gasteiger partial charge in [0.1, 0.15) is 5.82 Å². The summed E-state index contributed by atoms with van der Waals surface area (Å²) in [7, 11) is -0.656. The van der Waals surface area contributed by atoms with Crippen LogP contribution in [-0.4, -0.2) is 46.5 Å². The molecule has 0 saturated carbocycles. The van der Waals surface area contributed by atoms with Crippen molar-refractivity contribution in [3.63, 3.8) is 0 Å². The number of urea groups is 1. The molecule has 1 aromatic carbocycles. The van der Waals surface area contributed by atoms with Crippen LogP contribution in [0.25, 0.3) is 0 Å². The van der Waals surface area contributed by atoms with Crippen LogP contribution >= 0.6 is 0 Å². The van der Waals surface area contributed by atoms with Gasteiger partial charge in [0.2, 0.25) is 10.0 Å². The van der Waals surface area contributed by atoms with Crippen LogP contribution in [0.5, 0.6) is 0 Å². The van der Waals surface area contributed by atoms with Crippen LogP contribution in [0.4, 0.5) is 14.9 Å². The van der Waals surface area contributed by atoms with Crippen molar-refractivity contribution in [1.29, 1.82) is 0 Å². The zero-order valence-electron chi connectivity index (χ0n) is 12.1. The number of rotatable bonds is 5. The quantitative estimate of drug-likeness (QED) is 0.535. The number of carbonyl (C=O) groups is 1. The Morgan fingerprint density at radius 2 is 1.95 bits per heavy atom. The number of nitrogen functional groups attached to an aromatic ring is 1. The molecule has 0 bridgehead atoms. The van der Waals surface area contributed by atoms with Gasteiger partial charge in [-0.05, 0) is 24.6 Å². The number of aryl methyl sites for hydroxylation is 1. The number of carbonyl (C=O) groups excluding carboxylic acids is 1. The van der Waals surface area contributed by atoms with Crippen molar-refractivity contribution in [2.45, 2.75) is 11.8 Å². The third-order valence-corrected chi connectivity index (χ3v) is 4.11. The molecule has 0 radical (unpaired) electrons. The number of anilines is 1. The van der Waals surface area contributed by atoms with Crippen molar-refractivity contribution >= 4 is 21.7 Å². The van der Waals surface area contributed by atoms with Gasteiger partial charge in [-0.25, -0.2) is 22.3 Å². The lowest BCUT2D eigenvalue weighted by molar-refractivity contribution is 0.217. The van der Waals surface area contributed by atoms with E-state index >= 15 is 0 Å². The molecule has 0 aromatic heterocycles. The molecule has 0 fully saturated rings. The molecule has 1 aromatic rings. The summed E-state index contributed by atoms with van der Waals surface area (Å²) in [4.78, 5) is 12.5. The smallest absolute Gasteiger partial charge is 0.316 e. The number of amides is 2. The maximum atomic E-state index is 13.4. The fourth-order valence-corrected chi connectivity index (χ4v) is 2.67. The summed E-state index contributed by atoms with van der Waals surface area (Å²) in [6.07, 6.45) is 0. The summed E-state index contributed by atoms with van der Waals surface area (Å²) in [5.74, 6) is -0.632. The molecule has 0 heterocycles. The van der Waals surface area contributed by atoms with Crippen molar-refractivity contribution in [2.75, 3.05) is 32.9 Å². The molecule has 1 rings (SSSR count). The van der Waals surface area contributed by atoms with Crippen LogP contribution in [0.3, 0.4) is 0 Å². The van der Waals surface area contributed by atoms with Gasteiger partial charge >= 0.3 is 6.03 Å². The summed E-state index contributed by atoms with van der Waals surface area (Å²) in [5, 5.41) is 2.51. The van der Waals surface area contributed by atoms with Gasteiger partial charge in [-0.3, -0.25) is 0 Å². The Kier molecular flexibility index (Phi) is 5.50. The van der Waals surface area contributed by atoms with E-state index in [0.717, 1.165) is 6.07 Å². The number of hydrogen-bond acceptors (Lipinski definition) is 4. The topological polar surface area (TPSA) is 105 Å². The van der Waals surface area contributed by atoms with E-state index in [9.17, 15) is 17.6 Å². The number of nitrogens with one attached hydrogen (secondary N) is 2. The highest BCUT2D eigenvalue weighted by Gasteiger charge is 2.17. The molecule has 2 amide bonds. The largest absolute Gasteiger partial charge is 0.396 e. The lowest BCUT2D eigenvalue weighted by Gasteiger charge is -2.13. The zero-order chi connectivity index (χ0) is 16.2. The highest BCUT2D eigenvalue weighted by molar-refractivity contribution is 7.89. The van der Waals surface area contributed by atoms with E-state index < -0.39 is 15.8 Å². The first-order valence-corrected chi connectivity index (χ1v) is 7.64. The van der Waals surface area contributed by atoms with Gasteiger partial charge in [-0.2, -0.15) is 0 Å². The van der Waals surface area contributed by atoms with E-state index in [1.807, 2.05) is 0 Å². The number of hydrogen-bond donors (Lipinski definition) is 3. The van der Waals surface area contributed by atoms with E-state index in [4.69, 9.17) is 5.73 Å². The third kappa shape index (κ3) is 4.57. The molecular formula is C12H19FN4O3S. The number of nitrogens with two attached hydrogens (primary N) is 1. The van der Waals surface area contributed by atoms with E-state index in [2.05, 4.69) is 10.0 Å². The predicted molar refractivity (Wildman–Crippen MR) is 77.8 cm³/mol. The minimum atomic E-state index is -3.80. The van der Waals surface area contributed by atoms with Crippen LogP contribution in [-0.2, 0) is 10.0 Å². The summed E-state index contributed by atoms with van der Waals surface area (Å²) >= 11 is 0. The normalized spacial score (nSPS) is 11.2. The molecule has 0 aliphatic rings. The van der Waals surface area contributed by atoms with Gasteiger partial charge in [0, 0.05) is 27.2 Å². The molecule has 118 valence electrons. The Labute approximate surface area is 123 Å². The molecule has 0 aliphatic heterocycles. The molecule has 0 unspecified atom stereocenters. The lowest BCUT2D eigenvalue weighted by atomic mass is 10.2.